The lowest BCUT2D eigenvalue weighted by atomic mass is 9.97. The van der Waals surface area contributed by atoms with Crippen LogP contribution in [0.1, 0.15) is 19.7 Å². The number of aromatic nitrogens is 2. The minimum atomic E-state index is -3.77. The summed E-state index contributed by atoms with van der Waals surface area (Å²) in [5, 5.41) is 8.91. The summed E-state index contributed by atoms with van der Waals surface area (Å²) < 4.78 is 27.8. The van der Waals surface area contributed by atoms with E-state index in [2.05, 4.69) is 9.71 Å². The summed E-state index contributed by atoms with van der Waals surface area (Å²) in [4.78, 5) is 14.9. The summed E-state index contributed by atoms with van der Waals surface area (Å²) in [6, 6.07) is 0. The first-order valence-corrected chi connectivity index (χ1v) is 7.36. The van der Waals surface area contributed by atoms with E-state index in [0.717, 1.165) is 0 Å². The van der Waals surface area contributed by atoms with Crippen molar-refractivity contribution in [3.05, 3.63) is 12.0 Å². The first-order chi connectivity index (χ1) is 8.65. The van der Waals surface area contributed by atoms with Gasteiger partial charge < -0.3 is 9.67 Å². The van der Waals surface area contributed by atoms with Gasteiger partial charge in [-0.3, -0.25) is 4.79 Å². The molecule has 0 aromatic carbocycles. The Morgan fingerprint density at radius 3 is 2.47 bits per heavy atom. The Morgan fingerprint density at radius 2 is 2.11 bits per heavy atom. The van der Waals surface area contributed by atoms with Gasteiger partial charge in [-0.25, -0.2) is 18.1 Å². The summed E-state index contributed by atoms with van der Waals surface area (Å²) in [6.45, 7) is 5.01. The summed E-state index contributed by atoms with van der Waals surface area (Å²) >= 11 is 0. The van der Waals surface area contributed by atoms with Gasteiger partial charge in [0.25, 0.3) is 10.0 Å². The van der Waals surface area contributed by atoms with E-state index in [1.165, 1.54) is 6.20 Å². The van der Waals surface area contributed by atoms with E-state index in [0.29, 0.717) is 5.82 Å². The smallest absolute Gasteiger partial charge is 0.308 e. The van der Waals surface area contributed by atoms with Gasteiger partial charge in [-0.1, -0.05) is 13.8 Å². The van der Waals surface area contributed by atoms with Gasteiger partial charge in [0.05, 0.1) is 5.92 Å². The highest BCUT2D eigenvalue weighted by Gasteiger charge is 2.25. The Labute approximate surface area is 112 Å². The van der Waals surface area contributed by atoms with Crippen molar-refractivity contribution in [1.29, 1.82) is 0 Å². The van der Waals surface area contributed by atoms with Gasteiger partial charge in [0, 0.05) is 19.8 Å². The monoisotopic (exact) mass is 289 g/mol. The lowest BCUT2D eigenvalue weighted by molar-refractivity contribution is -0.142. The maximum absolute atomic E-state index is 12.0. The Balaban J connectivity index is 2.83. The number of sulfonamides is 1. The zero-order valence-corrected chi connectivity index (χ0v) is 12.2. The van der Waals surface area contributed by atoms with Gasteiger partial charge in [-0.15, -0.1) is 0 Å². The number of carboxylic acid groups (broad SMARTS) is 1. The fourth-order valence-corrected chi connectivity index (χ4v) is 2.63. The topological polar surface area (TPSA) is 101 Å². The van der Waals surface area contributed by atoms with Crippen LogP contribution in [0.3, 0.4) is 0 Å². The first kappa shape index (κ1) is 15.6. The molecule has 0 saturated carbocycles. The second-order valence-electron chi connectivity index (χ2n) is 4.78. The van der Waals surface area contributed by atoms with E-state index in [1.807, 2.05) is 0 Å². The van der Waals surface area contributed by atoms with E-state index >= 15 is 0 Å². The van der Waals surface area contributed by atoms with E-state index in [9.17, 15) is 13.2 Å². The normalized spacial score (nSPS) is 13.7. The molecule has 1 aromatic rings. The number of hydrogen-bond acceptors (Lipinski definition) is 4. The second kappa shape index (κ2) is 5.70. The molecular weight excluding hydrogens is 270 g/mol. The molecular formula is C11H19N3O4S. The van der Waals surface area contributed by atoms with Crippen molar-refractivity contribution in [3.63, 3.8) is 0 Å². The van der Waals surface area contributed by atoms with Crippen molar-refractivity contribution in [1.82, 2.24) is 14.3 Å². The number of rotatable bonds is 6. The number of aryl methyl sites for hydroxylation is 2. The van der Waals surface area contributed by atoms with Gasteiger partial charge in [0.15, 0.2) is 5.03 Å². The maximum Gasteiger partial charge on any atom is 0.308 e. The lowest BCUT2D eigenvalue weighted by Crippen LogP contribution is -2.35. The van der Waals surface area contributed by atoms with Crippen LogP contribution in [0.25, 0.3) is 0 Å². The van der Waals surface area contributed by atoms with Crippen LogP contribution >= 0.6 is 0 Å². The lowest BCUT2D eigenvalue weighted by Gasteiger charge is -2.16. The predicted octanol–water partition coefficient (Wildman–Crippen LogP) is 0.364. The maximum atomic E-state index is 12.0. The molecule has 108 valence electrons. The van der Waals surface area contributed by atoms with Crippen LogP contribution < -0.4 is 4.72 Å². The highest BCUT2D eigenvalue weighted by atomic mass is 32.2. The van der Waals surface area contributed by atoms with Crippen molar-refractivity contribution in [2.75, 3.05) is 6.54 Å². The van der Waals surface area contributed by atoms with Crippen molar-refractivity contribution >= 4 is 16.0 Å². The number of aliphatic carboxylic acids is 1. The number of carboxylic acids is 1. The Bertz CT molecular complexity index is 543. The molecule has 0 aliphatic heterocycles. The summed E-state index contributed by atoms with van der Waals surface area (Å²) in [6.07, 6.45) is 1.39. The standard InChI is InChI=1S/C11H19N3O4S/c1-7(2)9(11(15)16)5-12-19(17,18)10-6-14(4)8(3)13-10/h6-7,9,12H,5H2,1-4H3,(H,15,16). The van der Waals surface area contributed by atoms with Gasteiger partial charge in [-0.2, -0.15) is 0 Å². The molecule has 0 spiro atoms. The predicted molar refractivity (Wildman–Crippen MR) is 69.1 cm³/mol. The first-order valence-electron chi connectivity index (χ1n) is 5.87. The molecule has 2 N–H and O–H groups in total. The molecule has 0 saturated heterocycles. The van der Waals surface area contributed by atoms with Gasteiger partial charge in [-0.05, 0) is 12.8 Å². The van der Waals surface area contributed by atoms with Crippen LogP contribution in [0, 0.1) is 18.8 Å². The van der Waals surface area contributed by atoms with E-state index in [4.69, 9.17) is 5.11 Å². The van der Waals surface area contributed by atoms with Crippen LogP contribution in [-0.4, -0.2) is 35.6 Å². The molecule has 0 aliphatic rings. The third-order valence-corrected chi connectivity index (χ3v) is 4.27. The molecule has 0 amide bonds. The number of nitrogens with zero attached hydrogens (tertiary/aromatic N) is 2. The SMILES string of the molecule is Cc1nc(S(=O)(=O)NCC(C(=O)O)C(C)C)cn1C. The number of nitrogens with one attached hydrogen (secondary N) is 1. The molecule has 0 fully saturated rings. The second-order valence-corrected chi connectivity index (χ2v) is 6.49. The quantitative estimate of drug-likeness (QED) is 0.787. The Kier molecular flexibility index (Phi) is 4.70. The molecule has 1 aromatic heterocycles. The molecule has 0 radical (unpaired) electrons. The molecule has 1 heterocycles. The minimum Gasteiger partial charge on any atom is -0.481 e. The Hall–Kier alpha value is -1.41. The molecule has 1 unspecified atom stereocenters. The molecule has 19 heavy (non-hydrogen) atoms. The molecule has 7 nitrogen and oxygen atoms in total. The highest BCUT2D eigenvalue weighted by Crippen LogP contribution is 2.12. The van der Waals surface area contributed by atoms with Crippen LogP contribution in [0.15, 0.2) is 11.2 Å². The number of carbonyl (C=O) groups is 1. The molecule has 1 atom stereocenters. The Morgan fingerprint density at radius 1 is 1.53 bits per heavy atom. The fourth-order valence-electron chi connectivity index (χ4n) is 1.54. The van der Waals surface area contributed by atoms with Gasteiger partial charge in [0.2, 0.25) is 0 Å². The van der Waals surface area contributed by atoms with E-state index < -0.39 is 21.9 Å². The summed E-state index contributed by atoms with van der Waals surface area (Å²) in [7, 11) is -2.08. The summed E-state index contributed by atoms with van der Waals surface area (Å²) in [5.74, 6) is -1.38. The van der Waals surface area contributed by atoms with E-state index in [-0.39, 0.29) is 17.5 Å². The number of imidazole rings is 1. The highest BCUT2D eigenvalue weighted by molar-refractivity contribution is 7.89. The van der Waals surface area contributed by atoms with Gasteiger partial charge >= 0.3 is 5.97 Å². The van der Waals surface area contributed by atoms with Gasteiger partial charge in [0.1, 0.15) is 5.82 Å². The van der Waals surface area contributed by atoms with E-state index in [1.54, 1.807) is 32.4 Å². The zero-order valence-electron chi connectivity index (χ0n) is 11.4. The van der Waals surface area contributed by atoms with Crippen molar-refractivity contribution in [2.45, 2.75) is 25.8 Å². The molecule has 0 bridgehead atoms. The van der Waals surface area contributed by atoms with Crippen LogP contribution in [0.4, 0.5) is 0 Å². The number of hydrogen-bond donors (Lipinski definition) is 2. The zero-order chi connectivity index (χ0) is 14.8. The van der Waals surface area contributed by atoms with Crippen molar-refractivity contribution in [2.24, 2.45) is 18.9 Å². The third-order valence-electron chi connectivity index (χ3n) is 2.98. The fraction of sp³-hybridized carbons (Fsp3) is 0.636. The molecule has 1 rings (SSSR count). The summed E-state index contributed by atoms with van der Waals surface area (Å²) in [5.41, 5.74) is 0. The average molecular weight is 289 g/mol. The van der Waals surface area contributed by atoms with Crippen molar-refractivity contribution in [3.8, 4) is 0 Å². The average Bonchev–Trinajstić information content (AvgIpc) is 2.59. The van der Waals surface area contributed by atoms with Crippen LogP contribution in [0.2, 0.25) is 0 Å². The van der Waals surface area contributed by atoms with Crippen LogP contribution in [0.5, 0.6) is 0 Å². The molecule has 0 aliphatic carbocycles. The van der Waals surface area contributed by atoms with Crippen LogP contribution in [-0.2, 0) is 21.9 Å². The molecule has 8 heteroatoms. The largest absolute Gasteiger partial charge is 0.481 e. The third kappa shape index (κ3) is 3.77. The minimum absolute atomic E-state index is 0.0969. The van der Waals surface area contributed by atoms with Crippen molar-refractivity contribution < 1.29 is 18.3 Å².